The van der Waals surface area contributed by atoms with Gasteiger partial charge in [-0.3, -0.25) is 4.90 Å². The van der Waals surface area contributed by atoms with Crippen LogP contribution < -0.4 is 5.32 Å². The molecule has 1 atom stereocenters. The lowest BCUT2D eigenvalue weighted by molar-refractivity contribution is 0.0149. The molecule has 0 bridgehead atoms. The summed E-state index contributed by atoms with van der Waals surface area (Å²) in [5.41, 5.74) is 0. The molecule has 0 aromatic carbocycles. The van der Waals surface area contributed by atoms with E-state index in [1.54, 1.807) is 7.11 Å². The van der Waals surface area contributed by atoms with Gasteiger partial charge in [-0.15, -0.1) is 0 Å². The molecule has 3 nitrogen and oxygen atoms in total. The summed E-state index contributed by atoms with van der Waals surface area (Å²) in [6.07, 6.45) is 4.00. The number of hydrogen-bond acceptors (Lipinski definition) is 3. The van der Waals surface area contributed by atoms with E-state index in [-0.39, 0.29) is 0 Å². The molecule has 1 N–H and O–H groups in total. The van der Waals surface area contributed by atoms with Crippen LogP contribution in [0.5, 0.6) is 0 Å². The fourth-order valence-corrected chi connectivity index (χ4v) is 2.00. The van der Waals surface area contributed by atoms with Crippen molar-refractivity contribution >= 4 is 0 Å². The van der Waals surface area contributed by atoms with Crippen molar-refractivity contribution in [3.63, 3.8) is 0 Å². The predicted octanol–water partition coefficient (Wildman–Crippen LogP) is 1.44. The molecule has 1 saturated heterocycles. The van der Waals surface area contributed by atoms with Crippen molar-refractivity contribution < 1.29 is 4.74 Å². The summed E-state index contributed by atoms with van der Waals surface area (Å²) < 4.78 is 5.22. The second kappa shape index (κ2) is 6.38. The van der Waals surface area contributed by atoms with Crippen LogP contribution in [-0.2, 0) is 4.74 Å². The van der Waals surface area contributed by atoms with E-state index in [1.165, 1.54) is 25.8 Å². The first kappa shape index (κ1) is 12.0. The minimum absolute atomic E-state index is 0.585. The molecule has 1 fully saturated rings. The minimum atomic E-state index is 0.585. The van der Waals surface area contributed by atoms with Gasteiger partial charge in [0.2, 0.25) is 0 Å². The molecule has 1 heterocycles. The van der Waals surface area contributed by atoms with Gasteiger partial charge in [-0.2, -0.15) is 0 Å². The van der Waals surface area contributed by atoms with E-state index >= 15 is 0 Å². The highest BCUT2D eigenvalue weighted by atomic mass is 16.5. The highest BCUT2D eigenvalue weighted by Crippen LogP contribution is 2.15. The normalized spacial score (nSPS) is 24.4. The second-order valence-electron chi connectivity index (χ2n) is 4.44. The lowest BCUT2D eigenvalue weighted by Gasteiger charge is -2.35. The van der Waals surface area contributed by atoms with Gasteiger partial charge in [0, 0.05) is 32.3 Å². The molecule has 3 heteroatoms. The van der Waals surface area contributed by atoms with Crippen molar-refractivity contribution in [2.24, 2.45) is 0 Å². The maximum atomic E-state index is 5.22. The van der Waals surface area contributed by atoms with Crippen molar-refractivity contribution in [3.05, 3.63) is 0 Å². The average molecular weight is 200 g/mol. The maximum Gasteiger partial charge on any atom is 0.0989 e. The third-order valence-electron chi connectivity index (χ3n) is 2.81. The maximum absolute atomic E-state index is 5.22. The fraction of sp³-hybridized carbons (Fsp3) is 1.00. The summed E-state index contributed by atoms with van der Waals surface area (Å²) in [5, 5.41) is 3.51. The van der Waals surface area contributed by atoms with Gasteiger partial charge in [0.15, 0.2) is 0 Å². The quantitative estimate of drug-likeness (QED) is 0.727. The lowest BCUT2D eigenvalue weighted by Crippen LogP contribution is -2.47. The van der Waals surface area contributed by atoms with Gasteiger partial charge >= 0.3 is 0 Å². The van der Waals surface area contributed by atoms with Crippen LogP contribution in [0, 0.1) is 0 Å². The van der Waals surface area contributed by atoms with E-state index in [0.717, 1.165) is 13.3 Å². The highest BCUT2D eigenvalue weighted by Gasteiger charge is 2.21. The molecule has 0 aliphatic carbocycles. The average Bonchev–Trinajstić information content (AvgIpc) is 2.17. The van der Waals surface area contributed by atoms with Crippen LogP contribution in [0.3, 0.4) is 0 Å². The van der Waals surface area contributed by atoms with Crippen LogP contribution in [0.2, 0.25) is 0 Å². The molecule has 0 aromatic heterocycles. The zero-order valence-electron chi connectivity index (χ0n) is 9.75. The van der Waals surface area contributed by atoms with Crippen LogP contribution in [-0.4, -0.2) is 43.9 Å². The molecule has 1 aliphatic rings. The second-order valence-corrected chi connectivity index (χ2v) is 4.44. The molecule has 14 heavy (non-hydrogen) atoms. The molecule has 1 unspecified atom stereocenters. The van der Waals surface area contributed by atoms with Gasteiger partial charge in [0.05, 0.1) is 6.73 Å². The molecule has 84 valence electrons. The van der Waals surface area contributed by atoms with Crippen LogP contribution in [0.4, 0.5) is 0 Å². The summed E-state index contributed by atoms with van der Waals surface area (Å²) in [4.78, 5) is 2.44. The molecule has 0 aromatic rings. The number of methoxy groups -OCH3 is 1. The third kappa shape index (κ3) is 3.95. The van der Waals surface area contributed by atoms with Crippen molar-refractivity contribution in [1.82, 2.24) is 10.2 Å². The Morgan fingerprint density at radius 3 is 2.86 bits per heavy atom. The van der Waals surface area contributed by atoms with Crippen molar-refractivity contribution in [1.29, 1.82) is 0 Å². The Hall–Kier alpha value is -0.120. The Morgan fingerprint density at radius 2 is 2.21 bits per heavy atom. The number of nitrogens with zero attached hydrogens (tertiary/aromatic N) is 1. The van der Waals surface area contributed by atoms with Crippen LogP contribution in [0.25, 0.3) is 0 Å². The molecular weight excluding hydrogens is 176 g/mol. The number of ether oxygens (including phenoxy) is 1. The van der Waals surface area contributed by atoms with Gasteiger partial charge in [-0.05, 0) is 12.8 Å². The van der Waals surface area contributed by atoms with E-state index in [9.17, 15) is 0 Å². The summed E-state index contributed by atoms with van der Waals surface area (Å²) in [5.74, 6) is 0. The van der Waals surface area contributed by atoms with Gasteiger partial charge in [-0.1, -0.05) is 20.3 Å². The Bertz CT molecular complexity index is 148. The minimum Gasteiger partial charge on any atom is -0.369 e. The first-order chi connectivity index (χ1) is 6.74. The molecule has 0 spiro atoms. The van der Waals surface area contributed by atoms with Gasteiger partial charge in [0.25, 0.3) is 0 Å². The zero-order valence-corrected chi connectivity index (χ0v) is 9.75. The molecule has 1 rings (SSSR count). The SMILES string of the molecule is COCN1CCCCC1CNC(C)C. The standard InChI is InChI=1S/C11H24N2O/c1-10(2)12-8-11-6-4-5-7-13(11)9-14-3/h10-12H,4-9H2,1-3H3. The van der Waals surface area contributed by atoms with E-state index in [2.05, 4.69) is 24.1 Å². The van der Waals surface area contributed by atoms with Crippen molar-refractivity contribution in [2.45, 2.75) is 45.2 Å². The highest BCUT2D eigenvalue weighted by molar-refractivity contribution is 4.77. The van der Waals surface area contributed by atoms with Crippen LogP contribution in [0.1, 0.15) is 33.1 Å². The van der Waals surface area contributed by atoms with E-state index in [0.29, 0.717) is 12.1 Å². The smallest absolute Gasteiger partial charge is 0.0989 e. The lowest BCUT2D eigenvalue weighted by atomic mass is 10.0. The first-order valence-corrected chi connectivity index (χ1v) is 5.70. The summed E-state index contributed by atoms with van der Waals surface area (Å²) >= 11 is 0. The van der Waals surface area contributed by atoms with Crippen molar-refractivity contribution in [3.8, 4) is 0 Å². The Balaban J connectivity index is 2.30. The molecular formula is C11H24N2O. The van der Waals surface area contributed by atoms with Gasteiger partial charge < -0.3 is 10.1 Å². The van der Waals surface area contributed by atoms with Crippen LogP contribution in [0.15, 0.2) is 0 Å². The zero-order chi connectivity index (χ0) is 10.4. The molecule has 1 aliphatic heterocycles. The van der Waals surface area contributed by atoms with E-state index in [1.807, 2.05) is 0 Å². The van der Waals surface area contributed by atoms with E-state index in [4.69, 9.17) is 4.74 Å². The Kier molecular flexibility index (Phi) is 5.45. The Morgan fingerprint density at radius 1 is 1.43 bits per heavy atom. The van der Waals surface area contributed by atoms with Gasteiger partial charge in [-0.25, -0.2) is 0 Å². The fourth-order valence-electron chi connectivity index (χ4n) is 2.00. The number of rotatable bonds is 5. The van der Waals surface area contributed by atoms with Crippen molar-refractivity contribution in [2.75, 3.05) is 26.9 Å². The third-order valence-corrected chi connectivity index (χ3v) is 2.81. The predicted molar refractivity (Wildman–Crippen MR) is 59.4 cm³/mol. The molecule has 0 saturated carbocycles. The Labute approximate surface area is 87.8 Å². The monoisotopic (exact) mass is 200 g/mol. The molecule has 0 radical (unpaired) electrons. The number of likely N-dealkylation sites (tertiary alicyclic amines) is 1. The van der Waals surface area contributed by atoms with Gasteiger partial charge in [0.1, 0.15) is 0 Å². The number of nitrogens with one attached hydrogen (secondary N) is 1. The molecule has 0 amide bonds. The summed E-state index contributed by atoms with van der Waals surface area (Å²) in [6.45, 7) is 7.47. The topological polar surface area (TPSA) is 24.5 Å². The summed E-state index contributed by atoms with van der Waals surface area (Å²) in [6, 6.07) is 1.26. The summed E-state index contributed by atoms with van der Waals surface area (Å²) in [7, 11) is 1.78. The number of hydrogen-bond donors (Lipinski definition) is 1. The van der Waals surface area contributed by atoms with E-state index < -0.39 is 0 Å². The van der Waals surface area contributed by atoms with Crippen LogP contribution >= 0.6 is 0 Å². The number of piperidine rings is 1. The first-order valence-electron chi connectivity index (χ1n) is 5.70. The largest absolute Gasteiger partial charge is 0.369 e.